The van der Waals surface area contributed by atoms with E-state index in [4.69, 9.17) is 27.9 Å². The molecule has 5 heteroatoms. The van der Waals surface area contributed by atoms with Crippen LogP contribution in [0.5, 0.6) is 11.6 Å². The number of hydrogen-bond donors (Lipinski definition) is 0. The fourth-order valence-corrected chi connectivity index (χ4v) is 2.02. The molecule has 1 heterocycles. The highest BCUT2D eigenvalue weighted by Crippen LogP contribution is 2.30. The molecule has 0 aliphatic heterocycles. The summed E-state index contributed by atoms with van der Waals surface area (Å²) in [5.41, 5.74) is 0. The van der Waals surface area contributed by atoms with Crippen molar-refractivity contribution >= 4 is 39.1 Å². The summed E-state index contributed by atoms with van der Waals surface area (Å²) in [6.45, 7) is 0. The van der Waals surface area contributed by atoms with E-state index in [2.05, 4.69) is 20.9 Å². The molecule has 0 saturated carbocycles. The highest BCUT2D eigenvalue weighted by atomic mass is 79.9. The first-order valence-electron chi connectivity index (χ1n) is 4.39. The third-order valence-corrected chi connectivity index (χ3v) is 2.79. The summed E-state index contributed by atoms with van der Waals surface area (Å²) in [6.07, 6.45) is 1.52. The fourth-order valence-electron chi connectivity index (χ4n) is 1.12. The van der Waals surface area contributed by atoms with Crippen LogP contribution in [0.2, 0.25) is 10.0 Å². The minimum absolute atomic E-state index is 0.451. The lowest BCUT2D eigenvalue weighted by molar-refractivity contribution is 0.460. The van der Waals surface area contributed by atoms with Crippen LogP contribution in [0, 0.1) is 0 Å². The smallest absolute Gasteiger partial charge is 0.233 e. The summed E-state index contributed by atoms with van der Waals surface area (Å²) in [5.74, 6) is 1.08. The highest BCUT2D eigenvalue weighted by Gasteiger charge is 2.05. The third kappa shape index (κ3) is 2.88. The summed E-state index contributed by atoms with van der Waals surface area (Å²) in [5, 5.41) is 1.16. The second-order valence-corrected chi connectivity index (χ2v) is 4.73. The molecular formula is C11H6BrCl2NO. The molecule has 0 atom stereocenters. The van der Waals surface area contributed by atoms with Crippen molar-refractivity contribution < 1.29 is 4.74 Å². The fraction of sp³-hybridized carbons (Fsp3) is 0. The Morgan fingerprint density at radius 2 is 1.94 bits per heavy atom. The Bertz CT molecular complexity index is 519. The average molecular weight is 319 g/mol. The van der Waals surface area contributed by atoms with E-state index in [1.807, 2.05) is 6.07 Å². The first-order chi connectivity index (χ1) is 7.65. The largest absolute Gasteiger partial charge is 0.438 e. The van der Waals surface area contributed by atoms with E-state index in [-0.39, 0.29) is 0 Å². The van der Waals surface area contributed by atoms with Crippen molar-refractivity contribution in [3.05, 3.63) is 51.0 Å². The third-order valence-electron chi connectivity index (χ3n) is 1.78. The predicted molar refractivity (Wildman–Crippen MR) is 68.5 cm³/mol. The monoisotopic (exact) mass is 317 g/mol. The molecular weight excluding hydrogens is 313 g/mol. The van der Waals surface area contributed by atoms with Gasteiger partial charge < -0.3 is 4.74 Å². The van der Waals surface area contributed by atoms with Gasteiger partial charge in [0.15, 0.2) is 0 Å². The molecule has 1 aromatic carbocycles. The minimum Gasteiger partial charge on any atom is -0.438 e. The summed E-state index contributed by atoms with van der Waals surface area (Å²) in [4.78, 5) is 4.06. The van der Waals surface area contributed by atoms with Gasteiger partial charge in [-0.05, 0) is 40.2 Å². The SMILES string of the molecule is Clc1cccc(Oc2ncc(Cl)cc2Br)c1. The van der Waals surface area contributed by atoms with Crippen molar-refractivity contribution in [2.45, 2.75) is 0 Å². The Hall–Kier alpha value is -0.770. The molecule has 0 radical (unpaired) electrons. The topological polar surface area (TPSA) is 22.1 Å². The quantitative estimate of drug-likeness (QED) is 0.782. The van der Waals surface area contributed by atoms with Crippen molar-refractivity contribution in [1.29, 1.82) is 0 Å². The number of hydrogen-bond acceptors (Lipinski definition) is 2. The van der Waals surface area contributed by atoms with Gasteiger partial charge in [0, 0.05) is 11.2 Å². The summed E-state index contributed by atoms with van der Waals surface area (Å²) < 4.78 is 6.24. The summed E-state index contributed by atoms with van der Waals surface area (Å²) >= 11 is 14.9. The maximum absolute atomic E-state index is 5.84. The van der Waals surface area contributed by atoms with E-state index >= 15 is 0 Å². The van der Waals surface area contributed by atoms with Gasteiger partial charge >= 0.3 is 0 Å². The normalized spacial score (nSPS) is 10.2. The summed E-state index contributed by atoms with van der Waals surface area (Å²) in [6, 6.07) is 8.81. The summed E-state index contributed by atoms with van der Waals surface area (Å²) in [7, 11) is 0. The highest BCUT2D eigenvalue weighted by molar-refractivity contribution is 9.10. The zero-order valence-electron chi connectivity index (χ0n) is 7.95. The molecule has 0 aliphatic rings. The van der Waals surface area contributed by atoms with Crippen LogP contribution < -0.4 is 4.74 Å². The molecule has 1 aromatic heterocycles. The molecule has 82 valence electrons. The number of pyridine rings is 1. The second kappa shape index (κ2) is 5.04. The predicted octanol–water partition coefficient (Wildman–Crippen LogP) is 4.94. The van der Waals surface area contributed by atoms with E-state index < -0.39 is 0 Å². The Balaban J connectivity index is 2.27. The number of benzene rings is 1. The van der Waals surface area contributed by atoms with Crippen molar-refractivity contribution in [2.24, 2.45) is 0 Å². The Kier molecular flexibility index (Phi) is 3.69. The van der Waals surface area contributed by atoms with Gasteiger partial charge in [0.05, 0.1) is 9.50 Å². The molecule has 2 aromatic rings. The van der Waals surface area contributed by atoms with Crippen LogP contribution in [-0.4, -0.2) is 4.98 Å². The van der Waals surface area contributed by atoms with Gasteiger partial charge in [0.2, 0.25) is 5.88 Å². The molecule has 0 amide bonds. The van der Waals surface area contributed by atoms with Gasteiger partial charge in [-0.1, -0.05) is 29.3 Å². The van der Waals surface area contributed by atoms with Crippen molar-refractivity contribution in [3.63, 3.8) is 0 Å². The van der Waals surface area contributed by atoms with Crippen LogP contribution in [0.15, 0.2) is 41.0 Å². The van der Waals surface area contributed by atoms with Gasteiger partial charge in [-0.3, -0.25) is 0 Å². The van der Waals surface area contributed by atoms with Crippen LogP contribution in [0.1, 0.15) is 0 Å². The van der Waals surface area contributed by atoms with Crippen LogP contribution in [-0.2, 0) is 0 Å². The van der Waals surface area contributed by atoms with Crippen LogP contribution in [0.25, 0.3) is 0 Å². The maximum Gasteiger partial charge on any atom is 0.233 e. The van der Waals surface area contributed by atoms with Gasteiger partial charge in [0.25, 0.3) is 0 Å². The molecule has 0 saturated heterocycles. The lowest BCUT2D eigenvalue weighted by atomic mass is 10.3. The lowest BCUT2D eigenvalue weighted by Crippen LogP contribution is -1.88. The number of ether oxygens (including phenoxy) is 1. The van der Waals surface area contributed by atoms with Gasteiger partial charge in [0.1, 0.15) is 5.75 Å². The Labute approximate surface area is 111 Å². The number of halogens is 3. The van der Waals surface area contributed by atoms with Crippen molar-refractivity contribution in [1.82, 2.24) is 4.98 Å². The Morgan fingerprint density at radius 1 is 1.12 bits per heavy atom. The number of aromatic nitrogens is 1. The first-order valence-corrected chi connectivity index (χ1v) is 5.94. The molecule has 0 aliphatic carbocycles. The zero-order chi connectivity index (χ0) is 11.5. The van der Waals surface area contributed by atoms with Crippen LogP contribution in [0.3, 0.4) is 0 Å². The van der Waals surface area contributed by atoms with E-state index in [1.165, 1.54) is 6.20 Å². The van der Waals surface area contributed by atoms with E-state index in [0.717, 1.165) is 0 Å². The van der Waals surface area contributed by atoms with Gasteiger partial charge in [-0.25, -0.2) is 4.98 Å². The average Bonchev–Trinajstić information content (AvgIpc) is 2.22. The van der Waals surface area contributed by atoms with E-state index in [9.17, 15) is 0 Å². The van der Waals surface area contributed by atoms with Crippen LogP contribution in [0.4, 0.5) is 0 Å². The zero-order valence-corrected chi connectivity index (χ0v) is 11.1. The van der Waals surface area contributed by atoms with Gasteiger partial charge in [-0.2, -0.15) is 0 Å². The van der Waals surface area contributed by atoms with E-state index in [1.54, 1.807) is 24.3 Å². The van der Waals surface area contributed by atoms with Gasteiger partial charge in [-0.15, -0.1) is 0 Å². The minimum atomic E-state index is 0.451. The van der Waals surface area contributed by atoms with Crippen molar-refractivity contribution in [2.75, 3.05) is 0 Å². The van der Waals surface area contributed by atoms with Crippen molar-refractivity contribution in [3.8, 4) is 11.6 Å². The molecule has 16 heavy (non-hydrogen) atoms. The molecule has 0 bridgehead atoms. The lowest BCUT2D eigenvalue weighted by Gasteiger charge is -2.06. The van der Waals surface area contributed by atoms with E-state index in [0.29, 0.717) is 26.1 Å². The molecule has 2 nitrogen and oxygen atoms in total. The number of rotatable bonds is 2. The molecule has 0 unspecified atom stereocenters. The molecule has 0 fully saturated rings. The maximum atomic E-state index is 5.84. The van der Waals surface area contributed by atoms with Crippen LogP contribution >= 0.6 is 39.1 Å². The number of nitrogens with zero attached hydrogens (tertiary/aromatic N) is 1. The molecule has 0 spiro atoms. The molecule has 0 N–H and O–H groups in total. The first kappa shape index (κ1) is 11.7. The Morgan fingerprint density at radius 3 is 2.62 bits per heavy atom. The second-order valence-electron chi connectivity index (χ2n) is 3.00. The molecule has 2 rings (SSSR count). The standard InChI is InChI=1S/C11H6BrCl2NO/c12-10-5-8(14)6-15-11(10)16-9-3-1-2-7(13)4-9/h1-6H.